The van der Waals surface area contributed by atoms with Gasteiger partial charge in [0.25, 0.3) is 0 Å². The predicted octanol–water partition coefficient (Wildman–Crippen LogP) is 3.06. The molecule has 0 spiro atoms. The fraction of sp³-hybridized carbons (Fsp3) is 0.133. The van der Waals surface area contributed by atoms with Crippen LogP contribution in [0.3, 0.4) is 0 Å². The van der Waals surface area contributed by atoms with Crippen LogP contribution in [0.1, 0.15) is 17.2 Å². The number of benzene rings is 2. The van der Waals surface area contributed by atoms with Crippen LogP contribution in [0.4, 0.5) is 0 Å². The van der Waals surface area contributed by atoms with Gasteiger partial charge in [-0.15, -0.1) is 11.8 Å². The highest BCUT2D eigenvalue weighted by atomic mass is 32.2. The molecular weight excluding hydrogens is 258 g/mol. The summed E-state index contributed by atoms with van der Waals surface area (Å²) in [5.74, 6) is -0.116. The number of carboxylic acids is 1. The van der Waals surface area contributed by atoms with Crippen LogP contribution in [0, 0.1) is 0 Å². The van der Waals surface area contributed by atoms with Crippen molar-refractivity contribution in [2.45, 2.75) is 16.7 Å². The minimum atomic E-state index is -1.01. The number of carboxylic acid groups (broad SMARTS) is 1. The van der Waals surface area contributed by atoms with Crippen LogP contribution in [0.2, 0.25) is 0 Å². The van der Waals surface area contributed by atoms with E-state index < -0.39 is 12.0 Å². The van der Waals surface area contributed by atoms with E-state index in [1.165, 1.54) is 5.56 Å². The number of nitrogens with two attached hydrogens (primary N) is 1. The lowest BCUT2D eigenvalue weighted by molar-refractivity contribution is -0.138. The SMILES string of the molecule is N[C@@H](C(=O)O)c1ccc(SCc2ccccc2)cc1. The second-order valence-corrected chi connectivity index (χ2v) is 5.21. The van der Waals surface area contributed by atoms with Gasteiger partial charge in [-0.3, -0.25) is 4.79 Å². The Kier molecular flexibility index (Phi) is 4.60. The van der Waals surface area contributed by atoms with E-state index in [2.05, 4.69) is 12.1 Å². The van der Waals surface area contributed by atoms with Crippen LogP contribution < -0.4 is 5.73 Å². The molecule has 3 N–H and O–H groups in total. The molecule has 98 valence electrons. The summed E-state index contributed by atoms with van der Waals surface area (Å²) < 4.78 is 0. The normalized spacial score (nSPS) is 12.1. The highest BCUT2D eigenvalue weighted by Gasteiger charge is 2.13. The summed E-state index contributed by atoms with van der Waals surface area (Å²) in [7, 11) is 0. The Morgan fingerprint density at radius 2 is 1.74 bits per heavy atom. The standard InChI is InChI=1S/C15H15NO2S/c16-14(15(17)18)12-6-8-13(9-7-12)19-10-11-4-2-1-3-5-11/h1-9,14H,10,16H2,(H,17,18)/t14-/m1/s1. The second-order valence-electron chi connectivity index (χ2n) is 4.16. The molecule has 4 heteroatoms. The Balaban J connectivity index is 1.97. The van der Waals surface area contributed by atoms with Gasteiger partial charge in [0.15, 0.2) is 0 Å². The molecule has 0 aliphatic heterocycles. The fourth-order valence-electron chi connectivity index (χ4n) is 1.65. The molecule has 1 atom stereocenters. The topological polar surface area (TPSA) is 63.3 Å². The number of carbonyl (C=O) groups is 1. The summed E-state index contributed by atoms with van der Waals surface area (Å²) >= 11 is 1.71. The minimum absolute atomic E-state index is 0.622. The van der Waals surface area contributed by atoms with E-state index in [-0.39, 0.29) is 0 Å². The van der Waals surface area contributed by atoms with Gasteiger partial charge in [-0.2, -0.15) is 0 Å². The van der Waals surface area contributed by atoms with Crippen LogP contribution in [0.5, 0.6) is 0 Å². The summed E-state index contributed by atoms with van der Waals surface area (Å²) in [6.45, 7) is 0. The number of rotatable bonds is 5. The number of hydrogen-bond acceptors (Lipinski definition) is 3. The molecule has 0 fully saturated rings. The minimum Gasteiger partial charge on any atom is -0.480 e. The van der Waals surface area contributed by atoms with Gasteiger partial charge in [-0.25, -0.2) is 0 Å². The molecule has 0 aliphatic rings. The Hall–Kier alpha value is -1.78. The average Bonchev–Trinajstić information content (AvgIpc) is 2.46. The molecule has 0 radical (unpaired) electrons. The van der Waals surface area contributed by atoms with Crippen molar-refractivity contribution >= 4 is 17.7 Å². The molecule has 2 aromatic carbocycles. The zero-order valence-corrected chi connectivity index (χ0v) is 11.1. The monoisotopic (exact) mass is 273 g/mol. The third-order valence-electron chi connectivity index (χ3n) is 2.75. The van der Waals surface area contributed by atoms with Gasteiger partial charge in [0.2, 0.25) is 0 Å². The molecule has 0 saturated carbocycles. The molecule has 0 heterocycles. The van der Waals surface area contributed by atoms with E-state index >= 15 is 0 Å². The van der Waals surface area contributed by atoms with Crippen molar-refractivity contribution in [1.29, 1.82) is 0 Å². The number of hydrogen-bond donors (Lipinski definition) is 2. The van der Waals surface area contributed by atoms with Crippen LogP contribution in [-0.2, 0) is 10.5 Å². The molecular formula is C15H15NO2S. The highest BCUT2D eigenvalue weighted by Crippen LogP contribution is 2.24. The maximum absolute atomic E-state index is 10.8. The molecule has 2 rings (SSSR count). The molecule has 2 aromatic rings. The molecule has 0 unspecified atom stereocenters. The summed E-state index contributed by atoms with van der Waals surface area (Å²) in [6.07, 6.45) is 0. The van der Waals surface area contributed by atoms with E-state index in [9.17, 15) is 4.79 Å². The van der Waals surface area contributed by atoms with Crippen molar-refractivity contribution < 1.29 is 9.90 Å². The number of aliphatic carboxylic acids is 1. The predicted molar refractivity (Wildman–Crippen MR) is 77.0 cm³/mol. The molecule has 3 nitrogen and oxygen atoms in total. The molecule has 0 aromatic heterocycles. The van der Waals surface area contributed by atoms with Crippen LogP contribution in [0.25, 0.3) is 0 Å². The van der Waals surface area contributed by atoms with Crippen LogP contribution in [-0.4, -0.2) is 11.1 Å². The van der Waals surface area contributed by atoms with Gasteiger partial charge in [0.1, 0.15) is 6.04 Å². The molecule has 0 saturated heterocycles. The van der Waals surface area contributed by atoms with E-state index in [1.54, 1.807) is 23.9 Å². The molecule has 0 bridgehead atoms. The van der Waals surface area contributed by atoms with Crippen LogP contribution in [0.15, 0.2) is 59.5 Å². The average molecular weight is 273 g/mol. The Bertz CT molecular complexity index is 540. The summed E-state index contributed by atoms with van der Waals surface area (Å²) in [5.41, 5.74) is 7.43. The van der Waals surface area contributed by atoms with E-state index in [4.69, 9.17) is 10.8 Å². The lowest BCUT2D eigenvalue weighted by atomic mass is 10.1. The maximum atomic E-state index is 10.8. The van der Waals surface area contributed by atoms with Gasteiger partial charge in [-0.05, 0) is 23.3 Å². The maximum Gasteiger partial charge on any atom is 0.325 e. The Labute approximate surface area is 116 Å². The first kappa shape index (κ1) is 13.6. The smallest absolute Gasteiger partial charge is 0.325 e. The van der Waals surface area contributed by atoms with Crippen molar-refractivity contribution in [2.24, 2.45) is 5.73 Å². The van der Waals surface area contributed by atoms with Crippen molar-refractivity contribution in [1.82, 2.24) is 0 Å². The van der Waals surface area contributed by atoms with E-state index in [0.29, 0.717) is 5.56 Å². The fourth-order valence-corrected chi connectivity index (χ4v) is 2.51. The Morgan fingerprint density at radius 3 is 2.32 bits per heavy atom. The van der Waals surface area contributed by atoms with Gasteiger partial charge in [0, 0.05) is 10.6 Å². The Morgan fingerprint density at radius 1 is 1.11 bits per heavy atom. The zero-order valence-electron chi connectivity index (χ0n) is 10.3. The van der Waals surface area contributed by atoms with E-state index in [1.807, 2.05) is 30.3 Å². The van der Waals surface area contributed by atoms with Gasteiger partial charge in [0.05, 0.1) is 0 Å². The summed E-state index contributed by atoms with van der Waals surface area (Å²) in [5, 5.41) is 8.83. The molecule has 19 heavy (non-hydrogen) atoms. The van der Waals surface area contributed by atoms with Crippen molar-refractivity contribution in [3.63, 3.8) is 0 Å². The van der Waals surface area contributed by atoms with Gasteiger partial charge < -0.3 is 10.8 Å². The lowest BCUT2D eigenvalue weighted by Gasteiger charge is -2.07. The van der Waals surface area contributed by atoms with E-state index in [0.717, 1.165) is 10.6 Å². The molecule has 0 aliphatic carbocycles. The van der Waals surface area contributed by atoms with Gasteiger partial charge in [-0.1, -0.05) is 42.5 Å². The first-order valence-electron chi connectivity index (χ1n) is 5.92. The summed E-state index contributed by atoms with van der Waals surface area (Å²) in [6, 6.07) is 16.6. The van der Waals surface area contributed by atoms with Crippen molar-refractivity contribution in [2.75, 3.05) is 0 Å². The lowest BCUT2D eigenvalue weighted by Crippen LogP contribution is -2.20. The first-order valence-corrected chi connectivity index (χ1v) is 6.90. The number of thioether (sulfide) groups is 1. The summed E-state index contributed by atoms with van der Waals surface area (Å²) in [4.78, 5) is 11.9. The zero-order chi connectivity index (χ0) is 13.7. The third-order valence-corrected chi connectivity index (χ3v) is 3.84. The van der Waals surface area contributed by atoms with Gasteiger partial charge >= 0.3 is 5.97 Å². The second kappa shape index (κ2) is 6.41. The molecule has 0 amide bonds. The first-order chi connectivity index (χ1) is 9.16. The van der Waals surface area contributed by atoms with Crippen molar-refractivity contribution in [3.05, 3.63) is 65.7 Å². The highest BCUT2D eigenvalue weighted by molar-refractivity contribution is 7.98. The quantitative estimate of drug-likeness (QED) is 0.822. The van der Waals surface area contributed by atoms with Crippen LogP contribution >= 0.6 is 11.8 Å². The largest absolute Gasteiger partial charge is 0.480 e. The third kappa shape index (κ3) is 3.84. The van der Waals surface area contributed by atoms with Crippen molar-refractivity contribution in [3.8, 4) is 0 Å².